The lowest BCUT2D eigenvalue weighted by atomic mass is 9.97. The maximum absolute atomic E-state index is 15.0. The SMILES string of the molecule is C=CC(=O)OCCCc1ccc(-c2ccc(-c3ccc(CCCOC(=O)C(=C)COC)cc3)cc2F)cc1. The minimum atomic E-state index is -0.438. The van der Waals surface area contributed by atoms with Crippen LogP contribution in [0.2, 0.25) is 0 Å². The number of aryl methyl sites for hydroxylation is 2. The van der Waals surface area contributed by atoms with Gasteiger partial charge < -0.3 is 14.2 Å². The number of hydrogen-bond acceptors (Lipinski definition) is 5. The summed E-state index contributed by atoms with van der Waals surface area (Å²) in [6, 6.07) is 21.0. The number of methoxy groups -OCH3 is 1. The largest absolute Gasteiger partial charge is 0.463 e. The zero-order valence-corrected chi connectivity index (χ0v) is 21.7. The van der Waals surface area contributed by atoms with Crippen LogP contribution in [0.15, 0.2) is 91.5 Å². The first-order chi connectivity index (χ1) is 18.4. The van der Waals surface area contributed by atoms with E-state index in [1.54, 1.807) is 12.1 Å². The quantitative estimate of drug-likeness (QED) is 0.139. The average molecular weight is 517 g/mol. The van der Waals surface area contributed by atoms with Crippen LogP contribution in [0.4, 0.5) is 4.39 Å². The molecular formula is C32H33FO5. The van der Waals surface area contributed by atoms with Crippen molar-refractivity contribution in [2.24, 2.45) is 0 Å². The normalized spacial score (nSPS) is 10.6. The van der Waals surface area contributed by atoms with Crippen LogP contribution in [-0.2, 0) is 36.6 Å². The first-order valence-corrected chi connectivity index (χ1v) is 12.5. The molecule has 0 aliphatic heterocycles. The van der Waals surface area contributed by atoms with Gasteiger partial charge in [-0.15, -0.1) is 0 Å². The van der Waals surface area contributed by atoms with E-state index in [9.17, 15) is 9.59 Å². The number of benzene rings is 3. The molecule has 0 spiro atoms. The molecule has 0 saturated heterocycles. The zero-order chi connectivity index (χ0) is 27.3. The van der Waals surface area contributed by atoms with E-state index in [2.05, 4.69) is 13.2 Å². The number of halogens is 1. The van der Waals surface area contributed by atoms with E-state index in [1.807, 2.05) is 54.6 Å². The summed E-state index contributed by atoms with van der Waals surface area (Å²) in [6.45, 7) is 7.81. The second-order valence-electron chi connectivity index (χ2n) is 8.84. The molecule has 0 bridgehead atoms. The van der Waals surface area contributed by atoms with Crippen LogP contribution in [0.3, 0.4) is 0 Å². The van der Waals surface area contributed by atoms with Crippen molar-refractivity contribution in [2.75, 3.05) is 26.9 Å². The number of esters is 2. The lowest BCUT2D eigenvalue weighted by Gasteiger charge is -2.09. The molecule has 0 N–H and O–H groups in total. The maximum Gasteiger partial charge on any atom is 0.335 e. The monoisotopic (exact) mass is 516 g/mol. The second kappa shape index (κ2) is 14.6. The fourth-order valence-electron chi connectivity index (χ4n) is 3.93. The molecule has 3 rings (SSSR count). The molecule has 6 heteroatoms. The Morgan fingerprint density at radius 3 is 1.92 bits per heavy atom. The van der Waals surface area contributed by atoms with Gasteiger partial charge in [0.1, 0.15) is 5.82 Å². The van der Waals surface area contributed by atoms with E-state index in [0.29, 0.717) is 37.2 Å². The van der Waals surface area contributed by atoms with Crippen molar-refractivity contribution in [2.45, 2.75) is 25.7 Å². The lowest BCUT2D eigenvalue weighted by Crippen LogP contribution is -2.12. The highest BCUT2D eigenvalue weighted by atomic mass is 19.1. The van der Waals surface area contributed by atoms with Gasteiger partial charge in [0.15, 0.2) is 0 Å². The molecule has 38 heavy (non-hydrogen) atoms. The first-order valence-electron chi connectivity index (χ1n) is 12.5. The molecule has 0 amide bonds. The van der Waals surface area contributed by atoms with Gasteiger partial charge in [-0.1, -0.05) is 73.8 Å². The van der Waals surface area contributed by atoms with Crippen LogP contribution in [0.5, 0.6) is 0 Å². The number of carbonyl (C=O) groups is 2. The summed E-state index contributed by atoms with van der Waals surface area (Å²) in [5.74, 6) is -1.14. The fraction of sp³-hybridized carbons (Fsp3) is 0.250. The standard InChI is InChI=1S/C32H33FO5/c1-4-31(34)37-19-5-7-25-11-15-27(16-12-25)29-18-17-28(21-30(29)33)26-13-9-24(10-14-26)8-6-20-38-32(35)23(2)22-36-3/h4,9-18,21H,1-2,5-8,19-20,22H2,3H3. The molecule has 0 aliphatic rings. The fourth-order valence-corrected chi connectivity index (χ4v) is 3.93. The Hall–Kier alpha value is -4.03. The highest BCUT2D eigenvalue weighted by molar-refractivity contribution is 5.87. The molecule has 198 valence electrons. The number of carbonyl (C=O) groups excluding carboxylic acids is 2. The molecule has 0 fully saturated rings. The number of hydrogen-bond donors (Lipinski definition) is 0. The third kappa shape index (κ3) is 8.53. The molecule has 0 saturated carbocycles. The predicted octanol–water partition coefficient (Wildman–Crippen LogP) is 6.50. The number of ether oxygens (including phenoxy) is 3. The summed E-state index contributed by atoms with van der Waals surface area (Å²) >= 11 is 0. The van der Waals surface area contributed by atoms with E-state index in [4.69, 9.17) is 14.2 Å². The van der Waals surface area contributed by atoms with Crippen LogP contribution >= 0.6 is 0 Å². The van der Waals surface area contributed by atoms with Crippen LogP contribution in [0.1, 0.15) is 24.0 Å². The number of rotatable bonds is 14. The summed E-state index contributed by atoms with van der Waals surface area (Å²) in [4.78, 5) is 22.8. The maximum atomic E-state index is 15.0. The van der Waals surface area contributed by atoms with E-state index in [0.717, 1.165) is 46.7 Å². The minimum Gasteiger partial charge on any atom is -0.463 e. The van der Waals surface area contributed by atoms with Crippen LogP contribution in [-0.4, -0.2) is 38.9 Å². The van der Waals surface area contributed by atoms with Crippen molar-refractivity contribution in [3.8, 4) is 22.3 Å². The Morgan fingerprint density at radius 2 is 1.37 bits per heavy atom. The Bertz CT molecular complexity index is 1250. The van der Waals surface area contributed by atoms with Gasteiger partial charge >= 0.3 is 11.9 Å². The molecule has 3 aromatic rings. The first kappa shape index (κ1) is 28.5. The second-order valence-corrected chi connectivity index (χ2v) is 8.84. The van der Waals surface area contributed by atoms with Crippen molar-refractivity contribution in [3.63, 3.8) is 0 Å². The van der Waals surface area contributed by atoms with Gasteiger partial charge in [0.2, 0.25) is 0 Å². The Kier molecular flexibility index (Phi) is 11.0. The lowest BCUT2D eigenvalue weighted by molar-refractivity contribution is -0.140. The molecule has 0 atom stereocenters. The third-order valence-electron chi connectivity index (χ3n) is 5.99. The topological polar surface area (TPSA) is 61.8 Å². The molecule has 5 nitrogen and oxygen atoms in total. The van der Waals surface area contributed by atoms with Crippen LogP contribution < -0.4 is 0 Å². The van der Waals surface area contributed by atoms with Crippen LogP contribution in [0, 0.1) is 5.82 Å². The van der Waals surface area contributed by atoms with Gasteiger partial charge in [-0.25, -0.2) is 14.0 Å². The Balaban J connectivity index is 1.52. The zero-order valence-electron chi connectivity index (χ0n) is 21.7. The van der Waals surface area contributed by atoms with E-state index < -0.39 is 11.9 Å². The van der Waals surface area contributed by atoms with Crippen LogP contribution in [0.25, 0.3) is 22.3 Å². The highest BCUT2D eigenvalue weighted by Gasteiger charge is 2.09. The summed E-state index contributed by atoms with van der Waals surface area (Å²) in [5.41, 5.74) is 5.57. The van der Waals surface area contributed by atoms with Crippen molar-refractivity contribution in [3.05, 3.63) is 108 Å². The highest BCUT2D eigenvalue weighted by Crippen LogP contribution is 2.28. The summed E-state index contributed by atoms with van der Waals surface area (Å²) in [6.07, 6.45) is 4.07. The minimum absolute atomic E-state index is 0.159. The van der Waals surface area contributed by atoms with Crippen molar-refractivity contribution >= 4 is 11.9 Å². The summed E-state index contributed by atoms with van der Waals surface area (Å²) in [5, 5.41) is 0. The Morgan fingerprint density at radius 1 is 0.816 bits per heavy atom. The van der Waals surface area contributed by atoms with Crippen molar-refractivity contribution < 1.29 is 28.2 Å². The smallest absolute Gasteiger partial charge is 0.335 e. The third-order valence-corrected chi connectivity index (χ3v) is 5.99. The van der Waals surface area contributed by atoms with Gasteiger partial charge in [0.25, 0.3) is 0 Å². The van der Waals surface area contributed by atoms with E-state index in [-0.39, 0.29) is 12.4 Å². The average Bonchev–Trinajstić information content (AvgIpc) is 2.94. The van der Waals surface area contributed by atoms with E-state index in [1.165, 1.54) is 7.11 Å². The molecule has 0 heterocycles. The molecule has 0 unspecified atom stereocenters. The van der Waals surface area contributed by atoms with Crippen molar-refractivity contribution in [1.29, 1.82) is 0 Å². The van der Waals surface area contributed by atoms with Gasteiger partial charge in [0.05, 0.1) is 25.4 Å². The van der Waals surface area contributed by atoms with Gasteiger partial charge in [-0.2, -0.15) is 0 Å². The van der Waals surface area contributed by atoms with Crippen molar-refractivity contribution in [1.82, 2.24) is 0 Å². The molecule has 3 aromatic carbocycles. The molecule has 0 radical (unpaired) electrons. The molecular weight excluding hydrogens is 483 g/mol. The predicted molar refractivity (Wildman–Crippen MR) is 147 cm³/mol. The van der Waals surface area contributed by atoms with Gasteiger partial charge in [-0.3, -0.25) is 0 Å². The summed E-state index contributed by atoms with van der Waals surface area (Å²) < 4.78 is 30.1. The molecule has 0 aliphatic carbocycles. The molecule has 0 aromatic heterocycles. The summed E-state index contributed by atoms with van der Waals surface area (Å²) in [7, 11) is 1.50. The van der Waals surface area contributed by atoms with Gasteiger partial charge in [0, 0.05) is 18.7 Å². The van der Waals surface area contributed by atoms with Gasteiger partial charge in [-0.05, 0) is 59.6 Å². The van der Waals surface area contributed by atoms with E-state index >= 15 is 4.39 Å². The Labute approximate surface area is 223 Å².